The molecule has 1 heterocycles. The number of aryl methyl sites for hydroxylation is 1. The van der Waals surface area contributed by atoms with Gasteiger partial charge in [0.25, 0.3) is 0 Å². The van der Waals surface area contributed by atoms with Gasteiger partial charge in [0.2, 0.25) is 0 Å². The van der Waals surface area contributed by atoms with E-state index in [1.165, 1.54) is 0 Å². The summed E-state index contributed by atoms with van der Waals surface area (Å²) in [7, 11) is 0. The van der Waals surface area contributed by atoms with Crippen molar-refractivity contribution in [3.8, 4) is 0 Å². The number of ketones is 1. The molecule has 1 atom stereocenters. The molecule has 0 aliphatic rings. The largest absolute Gasteiger partial charge is 0.360 e. The van der Waals surface area contributed by atoms with Crippen molar-refractivity contribution in [3.05, 3.63) is 71.4 Å². The summed E-state index contributed by atoms with van der Waals surface area (Å²) in [6.07, 6.45) is 1.83. The molecule has 0 aliphatic carbocycles. The van der Waals surface area contributed by atoms with E-state index in [1.807, 2.05) is 68.6 Å². The Hall–Kier alpha value is -2.35. The van der Waals surface area contributed by atoms with Crippen molar-refractivity contribution in [3.63, 3.8) is 0 Å². The van der Waals surface area contributed by atoms with Crippen LogP contribution in [0.1, 0.15) is 34.3 Å². The Morgan fingerprint density at radius 1 is 1.05 bits per heavy atom. The molecule has 0 fully saturated rings. The van der Waals surface area contributed by atoms with E-state index < -0.39 is 0 Å². The first-order valence-corrected chi connectivity index (χ1v) is 6.84. The van der Waals surface area contributed by atoms with Crippen LogP contribution in [0.4, 0.5) is 0 Å². The summed E-state index contributed by atoms with van der Waals surface area (Å²) in [4.78, 5) is 15.9. The highest BCUT2D eigenvalue weighted by Crippen LogP contribution is 2.27. The molecular formula is C18H17NO. The van der Waals surface area contributed by atoms with Crippen LogP contribution in [0.25, 0.3) is 10.9 Å². The van der Waals surface area contributed by atoms with Gasteiger partial charge < -0.3 is 4.98 Å². The Morgan fingerprint density at radius 2 is 1.80 bits per heavy atom. The van der Waals surface area contributed by atoms with Crippen LogP contribution in [0, 0.1) is 6.92 Å². The monoisotopic (exact) mass is 263 g/mol. The van der Waals surface area contributed by atoms with E-state index in [4.69, 9.17) is 0 Å². The lowest BCUT2D eigenvalue weighted by Gasteiger charge is -2.10. The fourth-order valence-corrected chi connectivity index (χ4v) is 2.69. The summed E-state index contributed by atoms with van der Waals surface area (Å²) in [6, 6.07) is 16.0. The lowest BCUT2D eigenvalue weighted by atomic mass is 9.91. The predicted molar refractivity (Wildman–Crippen MR) is 82.2 cm³/mol. The third kappa shape index (κ3) is 2.03. The second-order valence-electron chi connectivity index (χ2n) is 5.20. The van der Waals surface area contributed by atoms with Crippen LogP contribution in [0.2, 0.25) is 0 Å². The standard InChI is InChI=1S/C18H17NO/c1-12-7-6-10-16-17(12)15(11-19-16)18(20)13(2)14-8-4-3-5-9-14/h3-11,13,19H,1-2H3. The van der Waals surface area contributed by atoms with Crippen LogP contribution in [0.15, 0.2) is 54.7 Å². The van der Waals surface area contributed by atoms with Crippen molar-refractivity contribution in [2.24, 2.45) is 0 Å². The molecule has 20 heavy (non-hydrogen) atoms. The second-order valence-corrected chi connectivity index (χ2v) is 5.20. The Labute approximate surface area is 118 Å². The van der Waals surface area contributed by atoms with Crippen molar-refractivity contribution in [1.82, 2.24) is 4.98 Å². The van der Waals surface area contributed by atoms with Crippen LogP contribution in [0.3, 0.4) is 0 Å². The van der Waals surface area contributed by atoms with Gasteiger partial charge in [-0.2, -0.15) is 0 Å². The number of aromatic amines is 1. The van der Waals surface area contributed by atoms with Gasteiger partial charge in [-0.15, -0.1) is 0 Å². The van der Waals surface area contributed by atoms with Crippen LogP contribution >= 0.6 is 0 Å². The number of aromatic nitrogens is 1. The number of benzene rings is 2. The molecule has 0 radical (unpaired) electrons. The first-order valence-electron chi connectivity index (χ1n) is 6.84. The summed E-state index contributed by atoms with van der Waals surface area (Å²) in [5, 5.41) is 1.04. The molecule has 0 amide bonds. The number of hydrogen-bond donors (Lipinski definition) is 1. The lowest BCUT2D eigenvalue weighted by molar-refractivity contribution is 0.0967. The fourth-order valence-electron chi connectivity index (χ4n) is 2.69. The molecular weight excluding hydrogens is 246 g/mol. The van der Waals surface area contributed by atoms with Gasteiger partial charge >= 0.3 is 0 Å². The molecule has 3 aromatic rings. The summed E-state index contributed by atoms with van der Waals surface area (Å²) in [5.74, 6) is 0.0338. The summed E-state index contributed by atoms with van der Waals surface area (Å²) < 4.78 is 0. The van der Waals surface area contributed by atoms with Crippen LogP contribution in [0.5, 0.6) is 0 Å². The molecule has 3 rings (SSSR count). The average molecular weight is 263 g/mol. The van der Waals surface area contributed by atoms with Crippen molar-refractivity contribution in [2.45, 2.75) is 19.8 Å². The van der Waals surface area contributed by atoms with E-state index in [1.54, 1.807) is 0 Å². The van der Waals surface area contributed by atoms with E-state index in [9.17, 15) is 4.79 Å². The molecule has 2 heteroatoms. The molecule has 100 valence electrons. The first-order chi connectivity index (χ1) is 9.68. The highest BCUT2D eigenvalue weighted by molar-refractivity contribution is 6.11. The Bertz CT molecular complexity index is 755. The van der Waals surface area contributed by atoms with Gasteiger partial charge in [-0.25, -0.2) is 0 Å². The number of nitrogens with one attached hydrogen (secondary N) is 1. The Morgan fingerprint density at radius 3 is 2.55 bits per heavy atom. The van der Waals surface area contributed by atoms with Gasteiger partial charge in [0.05, 0.1) is 0 Å². The maximum Gasteiger partial charge on any atom is 0.172 e. The number of Topliss-reactive ketones (excluding diaryl/α,β-unsaturated/α-hetero) is 1. The number of H-pyrrole nitrogens is 1. The Kier molecular flexibility index (Phi) is 3.15. The van der Waals surface area contributed by atoms with E-state index in [2.05, 4.69) is 4.98 Å². The summed E-state index contributed by atoms with van der Waals surface area (Å²) in [6.45, 7) is 4.01. The van der Waals surface area contributed by atoms with E-state index >= 15 is 0 Å². The SMILES string of the molecule is Cc1cccc2[nH]cc(C(=O)C(C)c3ccccc3)c12. The van der Waals surface area contributed by atoms with Crippen molar-refractivity contribution in [2.75, 3.05) is 0 Å². The van der Waals surface area contributed by atoms with Gasteiger partial charge in [0.1, 0.15) is 0 Å². The zero-order valence-corrected chi connectivity index (χ0v) is 11.7. The van der Waals surface area contributed by atoms with Gasteiger partial charge in [-0.1, -0.05) is 49.4 Å². The zero-order valence-electron chi connectivity index (χ0n) is 11.7. The minimum absolute atomic E-state index is 0.130. The maximum absolute atomic E-state index is 12.8. The van der Waals surface area contributed by atoms with Crippen molar-refractivity contribution < 1.29 is 4.79 Å². The van der Waals surface area contributed by atoms with E-state index in [0.717, 1.165) is 27.6 Å². The second kappa shape index (κ2) is 4.97. The molecule has 0 spiro atoms. The minimum Gasteiger partial charge on any atom is -0.360 e. The highest BCUT2D eigenvalue weighted by Gasteiger charge is 2.20. The van der Waals surface area contributed by atoms with E-state index in [-0.39, 0.29) is 11.7 Å². The molecule has 2 nitrogen and oxygen atoms in total. The lowest BCUT2D eigenvalue weighted by Crippen LogP contribution is -2.09. The van der Waals surface area contributed by atoms with E-state index in [0.29, 0.717) is 0 Å². The number of rotatable bonds is 3. The maximum atomic E-state index is 12.8. The Balaban J connectivity index is 2.05. The molecule has 1 aromatic heterocycles. The zero-order chi connectivity index (χ0) is 14.1. The van der Waals surface area contributed by atoms with Gasteiger partial charge in [-0.05, 0) is 24.1 Å². The quantitative estimate of drug-likeness (QED) is 0.695. The predicted octanol–water partition coefficient (Wildman–Crippen LogP) is 4.46. The molecule has 0 saturated carbocycles. The minimum atomic E-state index is -0.130. The number of carbonyl (C=O) groups excluding carboxylic acids is 1. The normalized spacial score (nSPS) is 12.5. The van der Waals surface area contributed by atoms with Gasteiger partial charge in [0, 0.05) is 28.6 Å². The van der Waals surface area contributed by atoms with Gasteiger partial charge in [0.15, 0.2) is 5.78 Å². The number of carbonyl (C=O) groups is 1. The molecule has 1 unspecified atom stereocenters. The molecule has 0 aliphatic heterocycles. The average Bonchev–Trinajstić information content (AvgIpc) is 2.92. The van der Waals surface area contributed by atoms with Crippen LogP contribution in [-0.2, 0) is 0 Å². The third-order valence-electron chi connectivity index (χ3n) is 3.87. The molecule has 2 aromatic carbocycles. The van der Waals surface area contributed by atoms with Crippen LogP contribution < -0.4 is 0 Å². The van der Waals surface area contributed by atoms with Crippen molar-refractivity contribution in [1.29, 1.82) is 0 Å². The molecule has 0 bridgehead atoms. The highest BCUT2D eigenvalue weighted by atomic mass is 16.1. The molecule has 0 saturated heterocycles. The first kappa shape index (κ1) is 12.7. The van der Waals surface area contributed by atoms with Crippen LogP contribution in [-0.4, -0.2) is 10.8 Å². The third-order valence-corrected chi connectivity index (χ3v) is 3.87. The fraction of sp³-hybridized carbons (Fsp3) is 0.167. The summed E-state index contributed by atoms with van der Waals surface area (Å²) in [5.41, 5.74) is 4.00. The number of fused-ring (bicyclic) bond motifs is 1. The molecule has 1 N–H and O–H groups in total. The smallest absolute Gasteiger partial charge is 0.172 e. The summed E-state index contributed by atoms with van der Waals surface area (Å²) >= 11 is 0. The topological polar surface area (TPSA) is 32.9 Å². The van der Waals surface area contributed by atoms with Crippen molar-refractivity contribution >= 4 is 16.7 Å². The van der Waals surface area contributed by atoms with Gasteiger partial charge in [-0.3, -0.25) is 4.79 Å². The number of hydrogen-bond acceptors (Lipinski definition) is 1.